The van der Waals surface area contributed by atoms with Crippen molar-refractivity contribution >= 4 is 23.0 Å². The van der Waals surface area contributed by atoms with Crippen molar-refractivity contribution < 1.29 is 0 Å². The SMILES string of the molecule is NC(=S)N1CC=CN1c1ccccc1. The number of nitrogens with zero attached hydrogens (tertiary/aromatic N) is 2. The average molecular weight is 205 g/mol. The number of rotatable bonds is 1. The van der Waals surface area contributed by atoms with Crippen molar-refractivity contribution in [2.75, 3.05) is 11.6 Å². The predicted octanol–water partition coefficient (Wildman–Crippen LogP) is 1.48. The van der Waals surface area contributed by atoms with E-state index in [1.807, 2.05) is 52.6 Å². The summed E-state index contributed by atoms with van der Waals surface area (Å²) < 4.78 is 0. The summed E-state index contributed by atoms with van der Waals surface area (Å²) in [4.78, 5) is 0. The van der Waals surface area contributed by atoms with E-state index in [-0.39, 0.29) is 0 Å². The molecule has 1 aromatic rings. The van der Waals surface area contributed by atoms with E-state index in [9.17, 15) is 0 Å². The lowest BCUT2D eigenvalue weighted by atomic mass is 10.3. The predicted molar refractivity (Wildman–Crippen MR) is 61.6 cm³/mol. The molecule has 0 bridgehead atoms. The Kier molecular flexibility index (Phi) is 2.37. The average Bonchev–Trinajstić information content (AvgIpc) is 2.67. The Balaban J connectivity index is 2.26. The van der Waals surface area contributed by atoms with Crippen LogP contribution in [0.15, 0.2) is 42.6 Å². The highest BCUT2D eigenvalue weighted by Crippen LogP contribution is 2.19. The van der Waals surface area contributed by atoms with Gasteiger partial charge in [-0.05, 0) is 30.4 Å². The van der Waals surface area contributed by atoms with Gasteiger partial charge in [0.2, 0.25) is 0 Å². The number of hydrogen-bond donors (Lipinski definition) is 1. The molecule has 2 rings (SSSR count). The molecule has 14 heavy (non-hydrogen) atoms. The van der Waals surface area contributed by atoms with E-state index in [2.05, 4.69) is 0 Å². The number of hydrazine groups is 1. The van der Waals surface area contributed by atoms with Crippen molar-refractivity contribution in [3.63, 3.8) is 0 Å². The van der Waals surface area contributed by atoms with Crippen molar-refractivity contribution in [2.24, 2.45) is 5.73 Å². The van der Waals surface area contributed by atoms with E-state index in [0.29, 0.717) is 5.11 Å². The molecule has 0 amide bonds. The summed E-state index contributed by atoms with van der Waals surface area (Å²) in [7, 11) is 0. The normalized spacial score (nSPS) is 14.9. The van der Waals surface area contributed by atoms with E-state index in [0.717, 1.165) is 12.2 Å². The highest BCUT2D eigenvalue weighted by molar-refractivity contribution is 7.80. The van der Waals surface area contributed by atoms with Crippen LogP contribution >= 0.6 is 12.2 Å². The maximum atomic E-state index is 5.60. The number of nitrogens with two attached hydrogens (primary N) is 1. The van der Waals surface area contributed by atoms with E-state index >= 15 is 0 Å². The lowest BCUT2D eigenvalue weighted by Crippen LogP contribution is -2.43. The molecule has 1 aliphatic rings. The molecule has 72 valence electrons. The number of para-hydroxylation sites is 1. The Labute approximate surface area is 88.4 Å². The molecule has 0 saturated carbocycles. The molecule has 4 heteroatoms. The van der Waals surface area contributed by atoms with Gasteiger partial charge < -0.3 is 5.73 Å². The summed E-state index contributed by atoms with van der Waals surface area (Å²) in [5.41, 5.74) is 6.67. The third-order valence-corrected chi connectivity index (χ3v) is 2.27. The van der Waals surface area contributed by atoms with Gasteiger partial charge in [-0.1, -0.05) is 18.2 Å². The lowest BCUT2D eigenvalue weighted by molar-refractivity contribution is 0.498. The first-order valence-electron chi connectivity index (χ1n) is 4.37. The Morgan fingerprint density at radius 1 is 1.29 bits per heavy atom. The zero-order valence-corrected chi connectivity index (χ0v) is 8.45. The fourth-order valence-corrected chi connectivity index (χ4v) is 1.58. The molecular weight excluding hydrogens is 194 g/mol. The lowest BCUT2D eigenvalue weighted by Gasteiger charge is -2.29. The molecule has 2 N–H and O–H groups in total. The summed E-state index contributed by atoms with van der Waals surface area (Å²) in [5.74, 6) is 0. The minimum Gasteiger partial charge on any atom is -0.375 e. The van der Waals surface area contributed by atoms with Gasteiger partial charge in [0.05, 0.1) is 12.2 Å². The van der Waals surface area contributed by atoms with Gasteiger partial charge >= 0.3 is 0 Å². The molecule has 0 radical (unpaired) electrons. The van der Waals surface area contributed by atoms with Crippen LogP contribution in [0.4, 0.5) is 5.69 Å². The second kappa shape index (κ2) is 3.67. The largest absolute Gasteiger partial charge is 0.375 e. The monoisotopic (exact) mass is 205 g/mol. The van der Waals surface area contributed by atoms with Crippen LogP contribution in [0.5, 0.6) is 0 Å². The molecule has 0 spiro atoms. The minimum absolute atomic E-state index is 0.388. The van der Waals surface area contributed by atoms with Gasteiger partial charge in [-0.2, -0.15) is 0 Å². The van der Waals surface area contributed by atoms with Crippen LogP contribution in [0.2, 0.25) is 0 Å². The van der Waals surface area contributed by atoms with Gasteiger partial charge in [0.15, 0.2) is 5.11 Å². The number of hydrogen-bond acceptors (Lipinski definition) is 2. The number of thiocarbonyl (C=S) groups is 1. The fourth-order valence-electron chi connectivity index (χ4n) is 1.42. The summed E-state index contributed by atoms with van der Waals surface area (Å²) in [6.07, 6.45) is 3.99. The van der Waals surface area contributed by atoms with Crippen LogP contribution in [0.1, 0.15) is 0 Å². The quantitative estimate of drug-likeness (QED) is 0.704. The van der Waals surface area contributed by atoms with Crippen molar-refractivity contribution in [1.82, 2.24) is 5.01 Å². The van der Waals surface area contributed by atoms with Crippen LogP contribution in [0.3, 0.4) is 0 Å². The molecule has 1 heterocycles. The molecule has 1 aromatic carbocycles. The number of anilines is 1. The fraction of sp³-hybridized carbons (Fsp3) is 0.100. The smallest absolute Gasteiger partial charge is 0.185 e. The van der Waals surface area contributed by atoms with Gasteiger partial charge in [-0.25, -0.2) is 0 Å². The van der Waals surface area contributed by atoms with Crippen LogP contribution < -0.4 is 10.7 Å². The van der Waals surface area contributed by atoms with Gasteiger partial charge in [0, 0.05) is 6.20 Å². The topological polar surface area (TPSA) is 32.5 Å². The third-order valence-electron chi connectivity index (χ3n) is 2.06. The summed E-state index contributed by atoms with van der Waals surface area (Å²) >= 11 is 4.95. The zero-order chi connectivity index (χ0) is 9.97. The van der Waals surface area contributed by atoms with Gasteiger partial charge in [-0.3, -0.25) is 10.0 Å². The molecular formula is C10H11N3S. The van der Waals surface area contributed by atoms with Crippen molar-refractivity contribution in [1.29, 1.82) is 0 Å². The maximum Gasteiger partial charge on any atom is 0.185 e. The Morgan fingerprint density at radius 2 is 2.00 bits per heavy atom. The third kappa shape index (κ3) is 1.56. The molecule has 0 saturated heterocycles. The molecule has 1 aliphatic heterocycles. The summed E-state index contributed by atoms with van der Waals surface area (Å²) in [6.45, 7) is 0.740. The maximum absolute atomic E-state index is 5.60. The van der Waals surface area contributed by atoms with Gasteiger partial charge in [0.1, 0.15) is 0 Å². The molecule has 0 unspecified atom stereocenters. The van der Waals surface area contributed by atoms with Crippen LogP contribution in [0, 0.1) is 0 Å². The molecule has 3 nitrogen and oxygen atoms in total. The Hall–Kier alpha value is -1.55. The highest BCUT2D eigenvalue weighted by atomic mass is 32.1. The Bertz CT molecular complexity index is 361. The first kappa shape index (κ1) is 9.02. The molecule has 0 aliphatic carbocycles. The second-order valence-corrected chi connectivity index (χ2v) is 3.40. The van der Waals surface area contributed by atoms with Crippen molar-refractivity contribution in [3.05, 3.63) is 42.6 Å². The van der Waals surface area contributed by atoms with E-state index in [1.54, 1.807) is 0 Å². The number of benzene rings is 1. The summed E-state index contributed by atoms with van der Waals surface area (Å²) in [5, 5.41) is 4.17. The van der Waals surface area contributed by atoms with E-state index in [1.165, 1.54) is 0 Å². The second-order valence-electron chi connectivity index (χ2n) is 2.99. The molecule has 0 aromatic heterocycles. The van der Waals surface area contributed by atoms with Crippen molar-refractivity contribution in [3.8, 4) is 0 Å². The standard InChI is InChI=1S/C10H11N3S/c11-10(14)13-8-4-7-12(13)9-5-2-1-3-6-9/h1-7H,8H2,(H2,11,14). The first-order valence-corrected chi connectivity index (χ1v) is 4.77. The van der Waals surface area contributed by atoms with Crippen LogP contribution in [0.25, 0.3) is 0 Å². The van der Waals surface area contributed by atoms with Gasteiger partial charge in [-0.15, -0.1) is 0 Å². The Morgan fingerprint density at radius 3 is 2.64 bits per heavy atom. The minimum atomic E-state index is 0.388. The first-order chi connectivity index (χ1) is 6.79. The van der Waals surface area contributed by atoms with Crippen LogP contribution in [-0.4, -0.2) is 16.7 Å². The summed E-state index contributed by atoms with van der Waals surface area (Å²) in [6, 6.07) is 9.98. The van der Waals surface area contributed by atoms with E-state index in [4.69, 9.17) is 18.0 Å². The van der Waals surface area contributed by atoms with Crippen LogP contribution in [-0.2, 0) is 0 Å². The van der Waals surface area contributed by atoms with Gasteiger partial charge in [0.25, 0.3) is 0 Å². The molecule has 0 atom stereocenters. The highest BCUT2D eigenvalue weighted by Gasteiger charge is 2.17. The zero-order valence-electron chi connectivity index (χ0n) is 7.63. The van der Waals surface area contributed by atoms with Crippen molar-refractivity contribution in [2.45, 2.75) is 0 Å². The molecule has 0 fully saturated rings. The van der Waals surface area contributed by atoms with E-state index < -0.39 is 0 Å².